The van der Waals surface area contributed by atoms with Crippen molar-refractivity contribution in [3.05, 3.63) is 59.4 Å². The van der Waals surface area contributed by atoms with Crippen molar-refractivity contribution >= 4 is 16.7 Å². The van der Waals surface area contributed by atoms with Crippen LogP contribution in [0.4, 0.5) is 5.69 Å². The average Bonchev–Trinajstić information content (AvgIpc) is 2.97. The van der Waals surface area contributed by atoms with Crippen LogP contribution in [0, 0.1) is 0 Å². The van der Waals surface area contributed by atoms with Crippen molar-refractivity contribution in [3.63, 3.8) is 0 Å². The molecule has 3 atom stereocenters. The zero-order chi connectivity index (χ0) is 21.4. The summed E-state index contributed by atoms with van der Waals surface area (Å²) in [6, 6.07) is 16.7. The Morgan fingerprint density at radius 2 is 1.90 bits per heavy atom. The van der Waals surface area contributed by atoms with Crippen LogP contribution < -0.4 is 10.2 Å². The van der Waals surface area contributed by atoms with Gasteiger partial charge in [-0.25, -0.2) is 4.98 Å². The minimum absolute atomic E-state index is 0.391. The van der Waals surface area contributed by atoms with Crippen molar-refractivity contribution in [2.75, 3.05) is 25.0 Å². The van der Waals surface area contributed by atoms with Gasteiger partial charge in [-0.15, -0.1) is 0 Å². The van der Waals surface area contributed by atoms with Crippen LogP contribution in [0.15, 0.2) is 42.5 Å². The first kappa shape index (κ1) is 20.6. The molecule has 164 valence electrons. The van der Waals surface area contributed by atoms with Gasteiger partial charge < -0.3 is 14.8 Å². The number of nitrogens with zero attached hydrogens (tertiary/aromatic N) is 3. The zero-order valence-corrected chi connectivity index (χ0v) is 19.3. The van der Waals surface area contributed by atoms with Gasteiger partial charge in [0.1, 0.15) is 5.82 Å². The Balaban J connectivity index is 1.62. The van der Waals surface area contributed by atoms with E-state index in [1.807, 2.05) is 0 Å². The predicted molar refractivity (Wildman–Crippen MR) is 130 cm³/mol. The van der Waals surface area contributed by atoms with E-state index in [2.05, 4.69) is 78.1 Å². The summed E-state index contributed by atoms with van der Waals surface area (Å²) in [5.41, 5.74) is 6.83. The van der Waals surface area contributed by atoms with E-state index >= 15 is 0 Å². The molecule has 3 aromatic rings. The highest BCUT2D eigenvalue weighted by Crippen LogP contribution is 2.39. The Labute approximate surface area is 186 Å². The van der Waals surface area contributed by atoms with Gasteiger partial charge >= 0.3 is 0 Å². The number of fused-ring (bicyclic) bond motifs is 3. The summed E-state index contributed by atoms with van der Waals surface area (Å²) in [6.45, 7) is 6.93. The van der Waals surface area contributed by atoms with Gasteiger partial charge in [-0.3, -0.25) is 0 Å². The summed E-state index contributed by atoms with van der Waals surface area (Å²) in [7, 11) is 2.24. The Hall–Kier alpha value is -2.33. The second kappa shape index (κ2) is 8.66. The first-order valence-electron chi connectivity index (χ1n) is 12.1. The molecule has 5 rings (SSSR count). The molecule has 0 saturated carbocycles. The van der Waals surface area contributed by atoms with Crippen LogP contribution in [0.2, 0.25) is 0 Å². The average molecular weight is 417 g/mol. The van der Waals surface area contributed by atoms with E-state index in [1.165, 1.54) is 59.4 Å². The number of rotatable bonds is 4. The highest BCUT2D eigenvalue weighted by atomic mass is 15.2. The maximum absolute atomic E-state index is 5.40. The lowest BCUT2D eigenvalue weighted by Crippen LogP contribution is -2.33. The summed E-state index contributed by atoms with van der Waals surface area (Å²) in [5.74, 6) is 1.67. The third-order valence-corrected chi connectivity index (χ3v) is 7.56. The van der Waals surface area contributed by atoms with Crippen LogP contribution >= 0.6 is 0 Å². The van der Waals surface area contributed by atoms with Crippen LogP contribution in [0.1, 0.15) is 68.4 Å². The Bertz CT molecular complexity index is 1030. The SMILES string of the molecule is CC(Cc1ccccc1)c1nc2c3c(ccc2n1C1CCCNCC1)N(C)C(C)CC3. The molecule has 3 heterocycles. The third-order valence-electron chi connectivity index (χ3n) is 7.56. The molecular weight excluding hydrogens is 380 g/mol. The van der Waals surface area contributed by atoms with Crippen molar-refractivity contribution in [1.82, 2.24) is 14.9 Å². The topological polar surface area (TPSA) is 33.1 Å². The highest BCUT2D eigenvalue weighted by Gasteiger charge is 2.28. The van der Waals surface area contributed by atoms with E-state index in [-0.39, 0.29) is 0 Å². The number of nitrogens with one attached hydrogen (secondary N) is 1. The number of anilines is 1. The standard InChI is InChI=1S/C27H36N4/c1-19(18-21-8-5-4-6-9-21)27-29-26-23-12-11-20(2)30(3)24(23)13-14-25(26)31(27)22-10-7-16-28-17-15-22/h4-6,8-9,13-14,19-20,22,28H,7,10-12,15-18H2,1-3H3. The quantitative estimate of drug-likeness (QED) is 0.612. The molecule has 1 aromatic heterocycles. The molecule has 1 fully saturated rings. The minimum atomic E-state index is 0.391. The lowest BCUT2D eigenvalue weighted by molar-refractivity contribution is 0.439. The summed E-state index contributed by atoms with van der Waals surface area (Å²) >= 11 is 0. The van der Waals surface area contributed by atoms with Gasteiger partial charge in [-0.2, -0.15) is 0 Å². The van der Waals surface area contributed by atoms with Crippen molar-refractivity contribution in [2.24, 2.45) is 0 Å². The fourth-order valence-corrected chi connectivity index (χ4v) is 5.63. The van der Waals surface area contributed by atoms with Crippen molar-refractivity contribution < 1.29 is 0 Å². The molecule has 0 bridgehead atoms. The van der Waals surface area contributed by atoms with Crippen molar-refractivity contribution in [3.8, 4) is 0 Å². The number of imidazole rings is 1. The maximum Gasteiger partial charge on any atom is 0.113 e. The van der Waals surface area contributed by atoms with Gasteiger partial charge in [0.15, 0.2) is 0 Å². The second-order valence-electron chi connectivity index (χ2n) is 9.70. The smallest absolute Gasteiger partial charge is 0.113 e. The van der Waals surface area contributed by atoms with Gasteiger partial charge in [-0.05, 0) is 76.2 Å². The number of aromatic nitrogens is 2. The van der Waals surface area contributed by atoms with E-state index in [4.69, 9.17) is 4.98 Å². The molecule has 1 saturated heterocycles. The first-order chi connectivity index (χ1) is 15.1. The van der Waals surface area contributed by atoms with E-state index in [0.29, 0.717) is 18.0 Å². The van der Waals surface area contributed by atoms with Crippen molar-refractivity contribution in [1.29, 1.82) is 0 Å². The Kier molecular flexibility index (Phi) is 5.75. The number of aryl methyl sites for hydroxylation is 1. The molecule has 4 nitrogen and oxygen atoms in total. The monoisotopic (exact) mass is 416 g/mol. The van der Waals surface area contributed by atoms with Crippen LogP contribution in [-0.4, -0.2) is 35.7 Å². The highest BCUT2D eigenvalue weighted by molar-refractivity contribution is 5.86. The molecular formula is C27H36N4. The molecule has 2 aliphatic heterocycles. The molecule has 2 aliphatic rings. The van der Waals surface area contributed by atoms with Crippen molar-refractivity contribution in [2.45, 2.75) is 70.4 Å². The van der Waals surface area contributed by atoms with Gasteiger partial charge in [-0.1, -0.05) is 37.3 Å². The van der Waals surface area contributed by atoms with Crippen LogP contribution in [0.3, 0.4) is 0 Å². The van der Waals surface area contributed by atoms with Gasteiger partial charge in [0.2, 0.25) is 0 Å². The Morgan fingerprint density at radius 1 is 1.06 bits per heavy atom. The predicted octanol–water partition coefficient (Wildman–Crippen LogP) is 5.47. The lowest BCUT2D eigenvalue weighted by Gasteiger charge is -2.34. The van der Waals surface area contributed by atoms with Crippen LogP contribution in [0.5, 0.6) is 0 Å². The van der Waals surface area contributed by atoms with Crippen LogP contribution in [0.25, 0.3) is 11.0 Å². The summed E-state index contributed by atoms with van der Waals surface area (Å²) in [5, 5.41) is 3.60. The fourth-order valence-electron chi connectivity index (χ4n) is 5.63. The fraction of sp³-hybridized carbons (Fsp3) is 0.519. The number of hydrogen-bond acceptors (Lipinski definition) is 3. The third kappa shape index (κ3) is 3.87. The minimum Gasteiger partial charge on any atom is -0.372 e. The van der Waals surface area contributed by atoms with Gasteiger partial charge in [0.25, 0.3) is 0 Å². The van der Waals surface area contributed by atoms with E-state index in [9.17, 15) is 0 Å². The zero-order valence-electron chi connectivity index (χ0n) is 19.3. The van der Waals surface area contributed by atoms with Gasteiger partial charge in [0.05, 0.1) is 11.0 Å². The Morgan fingerprint density at radius 3 is 2.74 bits per heavy atom. The lowest BCUT2D eigenvalue weighted by atomic mass is 9.96. The normalized spacial score (nSPS) is 22.9. The van der Waals surface area contributed by atoms with E-state index in [1.54, 1.807) is 0 Å². The molecule has 0 aliphatic carbocycles. The number of hydrogen-bond donors (Lipinski definition) is 1. The van der Waals surface area contributed by atoms with Crippen LogP contribution in [-0.2, 0) is 12.8 Å². The molecule has 0 radical (unpaired) electrons. The maximum atomic E-state index is 5.40. The molecule has 0 spiro atoms. The molecule has 31 heavy (non-hydrogen) atoms. The molecule has 0 amide bonds. The summed E-state index contributed by atoms with van der Waals surface area (Å²) < 4.78 is 2.63. The summed E-state index contributed by atoms with van der Waals surface area (Å²) in [4.78, 5) is 7.85. The van der Waals surface area contributed by atoms with E-state index in [0.717, 1.165) is 25.9 Å². The summed E-state index contributed by atoms with van der Waals surface area (Å²) in [6.07, 6.45) is 7.03. The second-order valence-corrected chi connectivity index (χ2v) is 9.70. The van der Waals surface area contributed by atoms with Gasteiger partial charge in [0, 0.05) is 36.3 Å². The number of benzene rings is 2. The molecule has 3 unspecified atom stereocenters. The molecule has 4 heteroatoms. The first-order valence-corrected chi connectivity index (χ1v) is 12.1. The molecule has 2 aromatic carbocycles. The van der Waals surface area contributed by atoms with E-state index < -0.39 is 0 Å². The largest absolute Gasteiger partial charge is 0.372 e. The molecule has 1 N–H and O–H groups in total.